The molecule has 1 saturated carbocycles. The summed E-state index contributed by atoms with van der Waals surface area (Å²) in [5, 5.41) is 0.696. The van der Waals surface area contributed by atoms with Crippen LogP contribution in [0.3, 0.4) is 0 Å². The lowest BCUT2D eigenvalue weighted by molar-refractivity contribution is 0.152. The molecule has 0 aromatic heterocycles. The van der Waals surface area contributed by atoms with Gasteiger partial charge in [-0.15, -0.1) is 0 Å². The first kappa shape index (κ1) is 13.4. The lowest BCUT2D eigenvalue weighted by Gasteiger charge is -2.39. The monoisotopic (exact) mass is 228 g/mol. The molecule has 0 heterocycles. The molecule has 90 valence electrons. The van der Waals surface area contributed by atoms with Crippen LogP contribution >= 0.6 is 12.6 Å². The Balaban J connectivity index is 2.44. The topological polar surface area (TPSA) is 0 Å². The van der Waals surface area contributed by atoms with E-state index in [0.717, 1.165) is 0 Å². The van der Waals surface area contributed by atoms with Gasteiger partial charge in [-0.2, -0.15) is 12.6 Å². The van der Waals surface area contributed by atoms with E-state index in [-0.39, 0.29) is 0 Å². The van der Waals surface area contributed by atoms with Crippen molar-refractivity contribution in [3.8, 4) is 0 Å². The van der Waals surface area contributed by atoms with Crippen molar-refractivity contribution in [3.05, 3.63) is 0 Å². The molecule has 0 atom stereocenters. The predicted molar refractivity (Wildman–Crippen MR) is 72.7 cm³/mol. The van der Waals surface area contributed by atoms with Gasteiger partial charge >= 0.3 is 0 Å². The molecule has 0 unspecified atom stereocenters. The first-order valence-corrected chi connectivity index (χ1v) is 7.42. The molecule has 0 aliphatic heterocycles. The third-order valence-corrected chi connectivity index (χ3v) is 4.65. The van der Waals surface area contributed by atoms with Crippen molar-refractivity contribution in [2.24, 2.45) is 5.41 Å². The lowest BCUT2D eigenvalue weighted by atomic mass is 9.68. The van der Waals surface area contributed by atoms with Gasteiger partial charge in [0, 0.05) is 5.25 Å². The summed E-state index contributed by atoms with van der Waals surface area (Å²) in [6.07, 6.45) is 14.1. The standard InChI is InChI=1S/C14H28S/c1-3-5-9-14(10-6-4-2)11-7-13(15)8-12-14/h13,15H,3-12H2,1-2H3. The van der Waals surface area contributed by atoms with Crippen LogP contribution in [0, 0.1) is 5.41 Å². The van der Waals surface area contributed by atoms with E-state index in [4.69, 9.17) is 0 Å². The Bertz CT molecular complexity index is 139. The van der Waals surface area contributed by atoms with Gasteiger partial charge in [-0.05, 0) is 43.9 Å². The maximum absolute atomic E-state index is 4.62. The van der Waals surface area contributed by atoms with Crippen molar-refractivity contribution in [2.75, 3.05) is 0 Å². The molecule has 15 heavy (non-hydrogen) atoms. The molecule has 1 aliphatic rings. The molecular weight excluding hydrogens is 200 g/mol. The molecule has 0 amide bonds. The van der Waals surface area contributed by atoms with Crippen molar-refractivity contribution >= 4 is 12.6 Å². The molecule has 0 saturated heterocycles. The minimum atomic E-state index is 0.696. The second-order valence-electron chi connectivity index (χ2n) is 5.44. The zero-order valence-corrected chi connectivity index (χ0v) is 11.5. The van der Waals surface area contributed by atoms with Crippen LogP contribution in [0.1, 0.15) is 78.1 Å². The fourth-order valence-corrected chi connectivity index (χ4v) is 3.20. The van der Waals surface area contributed by atoms with Crippen LogP contribution < -0.4 is 0 Å². The van der Waals surface area contributed by atoms with Crippen molar-refractivity contribution in [2.45, 2.75) is 83.3 Å². The maximum atomic E-state index is 4.62. The summed E-state index contributed by atoms with van der Waals surface area (Å²) in [6.45, 7) is 4.63. The third-order valence-electron chi connectivity index (χ3n) is 4.14. The van der Waals surface area contributed by atoms with Crippen molar-refractivity contribution in [1.29, 1.82) is 0 Å². The molecule has 1 rings (SSSR count). The fraction of sp³-hybridized carbons (Fsp3) is 1.00. The highest BCUT2D eigenvalue weighted by molar-refractivity contribution is 7.80. The highest BCUT2D eigenvalue weighted by Crippen LogP contribution is 2.45. The molecule has 0 radical (unpaired) electrons. The van der Waals surface area contributed by atoms with Crippen LogP contribution in [0.5, 0.6) is 0 Å². The molecule has 0 N–H and O–H groups in total. The van der Waals surface area contributed by atoms with Crippen LogP contribution in [0.15, 0.2) is 0 Å². The lowest BCUT2D eigenvalue weighted by Crippen LogP contribution is -2.28. The van der Waals surface area contributed by atoms with Crippen molar-refractivity contribution in [1.82, 2.24) is 0 Å². The maximum Gasteiger partial charge on any atom is 0.00172 e. The summed E-state index contributed by atoms with van der Waals surface area (Å²) < 4.78 is 0. The average Bonchev–Trinajstić information content (AvgIpc) is 2.27. The molecule has 0 aromatic rings. The Morgan fingerprint density at radius 2 is 1.47 bits per heavy atom. The Morgan fingerprint density at radius 1 is 1.00 bits per heavy atom. The van der Waals surface area contributed by atoms with E-state index >= 15 is 0 Å². The smallest absolute Gasteiger partial charge is 0.00172 e. The third kappa shape index (κ3) is 4.38. The van der Waals surface area contributed by atoms with Gasteiger partial charge < -0.3 is 0 Å². The zero-order chi connectivity index (χ0) is 11.1. The summed E-state index contributed by atoms with van der Waals surface area (Å²) >= 11 is 4.62. The van der Waals surface area contributed by atoms with Gasteiger partial charge in [-0.3, -0.25) is 0 Å². The molecule has 1 fully saturated rings. The van der Waals surface area contributed by atoms with Crippen LogP contribution in [-0.2, 0) is 0 Å². The molecule has 1 aliphatic carbocycles. The molecular formula is C14H28S. The second kappa shape index (κ2) is 6.83. The Hall–Kier alpha value is 0.350. The normalized spacial score (nSPS) is 21.8. The molecule has 0 spiro atoms. The number of hydrogen-bond donors (Lipinski definition) is 1. The van der Waals surface area contributed by atoms with E-state index < -0.39 is 0 Å². The number of hydrogen-bond acceptors (Lipinski definition) is 1. The van der Waals surface area contributed by atoms with E-state index in [0.29, 0.717) is 10.7 Å². The van der Waals surface area contributed by atoms with E-state index in [9.17, 15) is 0 Å². The van der Waals surface area contributed by atoms with Gasteiger partial charge in [0.25, 0.3) is 0 Å². The van der Waals surface area contributed by atoms with Crippen LogP contribution in [0.25, 0.3) is 0 Å². The van der Waals surface area contributed by atoms with Gasteiger partial charge in [0.1, 0.15) is 0 Å². The van der Waals surface area contributed by atoms with E-state index in [1.54, 1.807) is 0 Å². The van der Waals surface area contributed by atoms with Crippen LogP contribution in [0.2, 0.25) is 0 Å². The second-order valence-corrected chi connectivity index (χ2v) is 6.17. The first-order valence-electron chi connectivity index (χ1n) is 6.90. The average molecular weight is 228 g/mol. The van der Waals surface area contributed by atoms with Gasteiger partial charge in [0.15, 0.2) is 0 Å². The van der Waals surface area contributed by atoms with Gasteiger partial charge in [-0.1, -0.05) is 39.5 Å². The number of rotatable bonds is 6. The van der Waals surface area contributed by atoms with Gasteiger partial charge in [0.05, 0.1) is 0 Å². The highest BCUT2D eigenvalue weighted by Gasteiger charge is 2.32. The Morgan fingerprint density at radius 3 is 1.87 bits per heavy atom. The molecule has 0 bridgehead atoms. The molecule has 1 heteroatoms. The number of thiol groups is 1. The summed E-state index contributed by atoms with van der Waals surface area (Å²) in [7, 11) is 0. The highest BCUT2D eigenvalue weighted by atomic mass is 32.1. The van der Waals surface area contributed by atoms with E-state index in [1.807, 2.05) is 0 Å². The SMILES string of the molecule is CCCCC1(CCCC)CCC(S)CC1. The van der Waals surface area contributed by atoms with Gasteiger partial charge in [0.2, 0.25) is 0 Å². The Kier molecular flexibility index (Phi) is 6.11. The number of unbranched alkanes of at least 4 members (excludes halogenated alkanes) is 2. The molecule has 0 aromatic carbocycles. The summed E-state index contributed by atoms with van der Waals surface area (Å²) in [5.41, 5.74) is 0.714. The summed E-state index contributed by atoms with van der Waals surface area (Å²) in [6, 6.07) is 0. The Labute approximate surface area is 102 Å². The van der Waals surface area contributed by atoms with Crippen molar-refractivity contribution < 1.29 is 0 Å². The quantitative estimate of drug-likeness (QED) is 0.592. The van der Waals surface area contributed by atoms with Gasteiger partial charge in [-0.25, -0.2) is 0 Å². The first-order chi connectivity index (χ1) is 7.22. The van der Waals surface area contributed by atoms with Crippen LogP contribution in [0.4, 0.5) is 0 Å². The summed E-state index contributed by atoms with van der Waals surface area (Å²) in [5.74, 6) is 0. The predicted octanol–water partition coefficient (Wildman–Crippen LogP) is 5.23. The molecule has 0 nitrogen and oxygen atoms in total. The fourth-order valence-electron chi connectivity index (χ4n) is 2.94. The summed E-state index contributed by atoms with van der Waals surface area (Å²) in [4.78, 5) is 0. The van der Waals surface area contributed by atoms with Crippen molar-refractivity contribution in [3.63, 3.8) is 0 Å². The minimum Gasteiger partial charge on any atom is -0.176 e. The van der Waals surface area contributed by atoms with E-state index in [1.165, 1.54) is 64.2 Å². The zero-order valence-electron chi connectivity index (χ0n) is 10.6. The van der Waals surface area contributed by atoms with E-state index in [2.05, 4.69) is 26.5 Å². The van der Waals surface area contributed by atoms with Crippen LogP contribution in [-0.4, -0.2) is 5.25 Å². The largest absolute Gasteiger partial charge is 0.176 e. The minimum absolute atomic E-state index is 0.696.